The number of anilines is 1. The number of allylic oxidation sites excluding steroid dienone is 3. The molecule has 0 radical (unpaired) electrons. The maximum absolute atomic E-state index is 13.7. The monoisotopic (exact) mass is 470 g/mol. The molecule has 1 aromatic heterocycles. The standard InChI is InChI=1S/C25H25F3N4O2/c1-34-19-8-4-15(5-9-19)20-12-17-6-11-22(30-14-25(26,27)28)31-23(17)32(24(20)33)18-7-10-21(29-13-18)16-2-3-16/h4-12,16,22,29-31H,2-3,13-14H2,1H3. The molecule has 0 saturated heterocycles. The third kappa shape index (κ3) is 4.61. The van der Waals surface area contributed by atoms with E-state index in [-0.39, 0.29) is 5.56 Å². The van der Waals surface area contributed by atoms with E-state index in [1.807, 2.05) is 24.3 Å². The van der Waals surface area contributed by atoms with E-state index >= 15 is 0 Å². The second-order valence-corrected chi connectivity index (χ2v) is 8.62. The van der Waals surface area contributed by atoms with Crippen molar-refractivity contribution in [3.05, 3.63) is 70.2 Å². The molecule has 0 amide bonds. The fourth-order valence-electron chi connectivity index (χ4n) is 4.23. The Morgan fingerprint density at radius 3 is 2.56 bits per heavy atom. The minimum Gasteiger partial charge on any atom is -0.497 e. The van der Waals surface area contributed by atoms with E-state index in [9.17, 15) is 18.0 Å². The number of hydrogen-bond acceptors (Lipinski definition) is 5. The van der Waals surface area contributed by atoms with Gasteiger partial charge in [0.05, 0.1) is 26.4 Å². The maximum atomic E-state index is 13.7. The van der Waals surface area contributed by atoms with Gasteiger partial charge in [0.2, 0.25) is 0 Å². The Kier molecular flexibility index (Phi) is 5.73. The van der Waals surface area contributed by atoms with Crippen molar-refractivity contribution >= 4 is 17.6 Å². The Balaban J connectivity index is 1.57. The summed E-state index contributed by atoms with van der Waals surface area (Å²) in [5, 5.41) is 8.92. The summed E-state index contributed by atoms with van der Waals surface area (Å²) in [6, 6.07) is 8.98. The highest BCUT2D eigenvalue weighted by atomic mass is 19.4. The number of rotatable bonds is 6. The second kappa shape index (κ2) is 8.72. The predicted octanol–water partition coefficient (Wildman–Crippen LogP) is 4.18. The van der Waals surface area contributed by atoms with Gasteiger partial charge in [-0.05, 0) is 60.8 Å². The molecule has 6 nitrogen and oxygen atoms in total. The average Bonchev–Trinajstić information content (AvgIpc) is 3.68. The number of nitrogens with zero attached hydrogens (tertiary/aromatic N) is 1. The average molecular weight is 470 g/mol. The summed E-state index contributed by atoms with van der Waals surface area (Å²) in [4.78, 5) is 13.7. The minimum absolute atomic E-state index is 0.252. The van der Waals surface area contributed by atoms with Gasteiger partial charge in [-0.3, -0.25) is 14.7 Å². The molecule has 3 heterocycles. The van der Waals surface area contributed by atoms with Crippen molar-refractivity contribution in [3.8, 4) is 16.9 Å². The van der Waals surface area contributed by atoms with Crippen molar-refractivity contribution in [2.24, 2.45) is 5.92 Å². The lowest BCUT2D eigenvalue weighted by molar-refractivity contribution is -0.125. The molecule has 1 unspecified atom stereocenters. The number of hydrogen-bond donors (Lipinski definition) is 3. The predicted molar refractivity (Wildman–Crippen MR) is 126 cm³/mol. The van der Waals surface area contributed by atoms with Gasteiger partial charge >= 0.3 is 6.18 Å². The van der Waals surface area contributed by atoms with E-state index in [2.05, 4.69) is 16.0 Å². The van der Waals surface area contributed by atoms with Gasteiger partial charge in [0, 0.05) is 22.5 Å². The highest BCUT2D eigenvalue weighted by Crippen LogP contribution is 2.36. The van der Waals surface area contributed by atoms with Crippen LogP contribution < -0.4 is 26.2 Å². The van der Waals surface area contributed by atoms with Crippen LogP contribution in [0.1, 0.15) is 18.4 Å². The van der Waals surface area contributed by atoms with Crippen LogP contribution in [0.2, 0.25) is 0 Å². The molecule has 2 aliphatic heterocycles. The summed E-state index contributed by atoms with van der Waals surface area (Å²) in [6.45, 7) is -0.691. The second-order valence-electron chi connectivity index (χ2n) is 8.62. The lowest BCUT2D eigenvalue weighted by Crippen LogP contribution is -2.43. The molecule has 34 heavy (non-hydrogen) atoms. The van der Waals surface area contributed by atoms with Crippen LogP contribution in [-0.4, -0.2) is 37.1 Å². The normalized spacial score (nSPS) is 19.5. The number of methoxy groups -OCH3 is 1. The zero-order valence-corrected chi connectivity index (χ0v) is 18.6. The number of pyridine rings is 1. The third-order valence-electron chi connectivity index (χ3n) is 6.15. The number of nitrogens with one attached hydrogen (secondary N) is 3. The molecule has 0 spiro atoms. The Labute approximate surface area is 194 Å². The smallest absolute Gasteiger partial charge is 0.401 e. The Morgan fingerprint density at radius 1 is 1.18 bits per heavy atom. The number of ether oxygens (including phenoxy) is 1. The van der Waals surface area contributed by atoms with Crippen LogP contribution in [-0.2, 0) is 0 Å². The number of benzene rings is 1. The summed E-state index contributed by atoms with van der Waals surface area (Å²) in [5.41, 5.74) is 3.57. The van der Waals surface area contributed by atoms with E-state index in [4.69, 9.17) is 4.74 Å². The number of aromatic nitrogens is 1. The van der Waals surface area contributed by atoms with Crippen molar-refractivity contribution in [2.75, 3.05) is 25.5 Å². The molecule has 1 aliphatic carbocycles. The lowest BCUT2D eigenvalue weighted by atomic mass is 10.0. The number of halogens is 3. The van der Waals surface area contributed by atoms with Crippen molar-refractivity contribution in [2.45, 2.75) is 25.2 Å². The van der Waals surface area contributed by atoms with Crippen LogP contribution in [0.4, 0.5) is 19.0 Å². The summed E-state index contributed by atoms with van der Waals surface area (Å²) in [5.74, 6) is 1.69. The zero-order chi connectivity index (χ0) is 23.9. The van der Waals surface area contributed by atoms with Crippen molar-refractivity contribution in [3.63, 3.8) is 0 Å². The Hall–Kier alpha value is -3.46. The summed E-state index contributed by atoms with van der Waals surface area (Å²) >= 11 is 0. The first-order valence-electron chi connectivity index (χ1n) is 11.2. The van der Waals surface area contributed by atoms with Gasteiger partial charge in [-0.1, -0.05) is 18.2 Å². The first-order valence-corrected chi connectivity index (χ1v) is 11.2. The molecule has 5 rings (SSSR count). The molecule has 9 heteroatoms. The Morgan fingerprint density at radius 2 is 1.94 bits per heavy atom. The van der Waals surface area contributed by atoms with E-state index in [1.165, 1.54) is 0 Å². The fraction of sp³-hybridized carbons (Fsp3) is 0.320. The number of alkyl halides is 3. The minimum atomic E-state index is -4.34. The summed E-state index contributed by atoms with van der Waals surface area (Å²) < 4.78 is 45.0. The molecule has 1 fully saturated rings. The van der Waals surface area contributed by atoms with E-state index in [1.54, 1.807) is 42.0 Å². The molecule has 178 valence electrons. The molecule has 1 atom stereocenters. The first kappa shape index (κ1) is 22.3. The lowest BCUT2D eigenvalue weighted by Gasteiger charge is -2.29. The molecular formula is C25H25F3N4O2. The van der Waals surface area contributed by atoms with Gasteiger partial charge in [-0.25, -0.2) is 0 Å². The van der Waals surface area contributed by atoms with Gasteiger partial charge in [-0.15, -0.1) is 0 Å². The van der Waals surface area contributed by atoms with Gasteiger partial charge < -0.3 is 15.4 Å². The topological polar surface area (TPSA) is 67.3 Å². The first-order chi connectivity index (χ1) is 16.3. The van der Waals surface area contributed by atoms with Crippen molar-refractivity contribution < 1.29 is 17.9 Å². The third-order valence-corrected chi connectivity index (χ3v) is 6.15. The Bertz CT molecular complexity index is 1240. The number of dihydropyridines is 1. The summed E-state index contributed by atoms with van der Waals surface area (Å²) in [6.07, 6.45) is 4.49. The highest BCUT2D eigenvalue weighted by molar-refractivity contribution is 5.78. The maximum Gasteiger partial charge on any atom is 0.401 e. The highest BCUT2D eigenvalue weighted by Gasteiger charge is 2.30. The molecule has 3 aliphatic rings. The zero-order valence-electron chi connectivity index (χ0n) is 18.6. The van der Waals surface area contributed by atoms with Crippen LogP contribution in [0, 0.1) is 5.92 Å². The van der Waals surface area contributed by atoms with E-state index < -0.39 is 18.9 Å². The largest absolute Gasteiger partial charge is 0.497 e. The van der Waals surface area contributed by atoms with Crippen LogP contribution in [0.25, 0.3) is 22.9 Å². The van der Waals surface area contributed by atoms with Crippen molar-refractivity contribution in [1.82, 2.24) is 15.2 Å². The quantitative estimate of drug-likeness (QED) is 0.591. The molecular weight excluding hydrogens is 445 g/mol. The van der Waals surface area contributed by atoms with Crippen LogP contribution >= 0.6 is 0 Å². The summed E-state index contributed by atoms with van der Waals surface area (Å²) in [7, 11) is 1.58. The van der Waals surface area contributed by atoms with Gasteiger partial charge in [0.25, 0.3) is 5.56 Å². The van der Waals surface area contributed by atoms with Gasteiger partial charge in [-0.2, -0.15) is 13.2 Å². The van der Waals surface area contributed by atoms with Crippen LogP contribution in [0.15, 0.2) is 59.1 Å². The van der Waals surface area contributed by atoms with Gasteiger partial charge in [0.1, 0.15) is 11.6 Å². The fourth-order valence-corrected chi connectivity index (χ4v) is 4.23. The van der Waals surface area contributed by atoms with Gasteiger partial charge in [0.15, 0.2) is 0 Å². The van der Waals surface area contributed by atoms with Crippen LogP contribution in [0.3, 0.4) is 0 Å². The molecule has 1 aromatic carbocycles. The molecule has 0 bridgehead atoms. The van der Waals surface area contributed by atoms with Crippen molar-refractivity contribution in [1.29, 1.82) is 0 Å². The van der Waals surface area contributed by atoms with Crippen LogP contribution in [0.5, 0.6) is 5.75 Å². The van der Waals surface area contributed by atoms with E-state index in [0.29, 0.717) is 35.2 Å². The molecule has 3 N–H and O–H groups in total. The number of fused-ring (bicyclic) bond motifs is 1. The molecule has 1 saturated carbocycles. The molecule has 2 aromatic rings. The van der Waals surface area contributed by atoms with E-state index in [0.717, 1.165) is 29.8 Å². The SMILES string of the molecule is COc1ccc(-c2cc3c(n(C4=CC=C(C5CC5)NC4)c2=O)NC(NCC(F)(F)F)C=C3)cc1.